The average molecular weight is 219 g/mol. The van der Waals surface area contributed by atoms with Crippen LogP contribution in [-0.4, -0.2) is 6.54 Å². The summed E-state index contributed by atoms with van der Waals surface area (Å²) in [6.07, 6.45) is 0. The van der Waals surface area contributed by atoms with Crippen molar-refractivity contribution in [1.29, 1.82) is 0 Å². The van der Waals surface area contributed by atoms with Crippen molar-refractivity contribution in [3.8, 4) is 0 Å². The Morgan fingerprint density at radius 2 is 1.88 bits per heavy atom. The molecule has 90 valence electrons. The van der Waals surface area contributed by atoms with Gasteiger partial charge in [-0.1, -0.05) is 45.9 Å². The number of rotatable bonds is 5. The number of benzene rings is 1. The number of hydrogen-bond donors (Lipinski definition) is 1. The first-order valence-electron chi connectivity index (χ1n) is 6.37. The molecule has 0 bridgehead atoms. The first-order chi connectivity index (χ1) is 7.57. The summed E-state index contributed by atoms with van der Waals surface area (Å²) in [6, 6.07) is 6.67. The second-order valence-corrected chi connectivity index (χ2v) is 4.96. The molecule has 0 fully saturated rings. The predicted octanol–water partition coefficient (Wildman–Crippen LogP) is 3.86. The van der Waals surface area contributed by atoms with E-state index in [-0.39, 0.29) is 0 Å². The van der Waals surface area contributed by atoms with E-state index in [1.165, 1.54) is 16.7 Å². The first-order valence-corrected chi connectivity index (χ1v) is 6.37. The molecule has 0 saturated heterocycles. The van der Waals surface area contributed by atoms with Crippen molar-refractivity contribution >= 4 is 0 Å². The lowest BCUT2D eigenvalue weighted by Crippen LogP contribution is -2.16. The van der Waals surface area contributed by atoms with Crippen LogP contribution in [0, 0.1) is 12.8 Å². The zero-order chi connectivity index (χ0) is 12.1. The van der Waals surface area contributed by atoms with E-state index in [2.05, 4.69) is 58.1 Å². The fraction of sp³-hybridized carbons (Fsp3) is 0.600. The quantitative estimate of drug-likeness (QED) is 0.793. The van der Waals surface area contributed by atoms with E-state index in [9.17, 15) is 0 Å². The minimum absolute atomic E-state index is 0.633. The van der Waals surface area contributed by atoms with Crippen LogP contribution in [0.4, 0.5) is 0 Å². The third-order valence-corrected chi connectivity index (χ3v) is 3.49. The molecule has 0 aliphatic carbocycles. The summed E-state index contributed by atoms with van der Waals surface area (Å²) in [5.74, 6) is 1.33. The predicted molar refractivity (Wildman–Crippen MR) is 71.8 cm³/mol. The normalized spacial score (nSPS) is 13.1. The Balaban J connectivity index is 3.02. The molecule has 1 atom stereocenters. The highest BCUT2D eigenvalue weighted by molar-refractivity contribution is 5.36. The smallest absolute Gasteiger partial charge is 0.0210 e. The zero-order valence-electron chi connectivity index (χ0n) is 11.3. The largest absolute Gasteiger partial charge is 0.313 e. The highest BCUT2D eigenvalue weighted by atomic mass is 14.8. The lowest BCUT2D eigenvalue weighted by atomic mass is 9.85. The molecule has 0 aliphatic rings. The Morgan fingerprint density at radius 3 is 2.44 bits per heavy atom. The number of hydrogen-bond acceptors (Lipinski definition) is 1. The summed E-state index contributed by atoms with van der Waals surface area (Å²) in [5.41, 5.74) is 4.41. The van der Waals surface area contributed by atoms with Gasteiger partial charge in [-0.25, -0.2) is 0 Å². The van der Waals surface area contributed by atoms with Crippen LogP contribution in [0.1, 0.15) is 50.3 Å². The van der Waals surface area contributed by atoms with E-state index in [4.69, 9.17) is 0 Å². The molecule has 0 aliphatic heterocycles. The van der Waals surface area contributed by atoms with Crippen LogP contribution in [-0.2, 0) is 6.54 Å². The van der Waals surface area contributed by atoms with Crippen molar-refractivity contribution in [2.45, 2.75) is 47.1 Å². The number of aryl methyl sites for hydroxylation is 1. The molecule has 0 amide bonds. The van der Waals surface area contributed by atoms with E-state index in [1.54, 1.807) is 0 Å². The molecule has 1 unspecified atom stereocenters. The molecular formula is C15H25N. The molecule has 1 aromatic carbocycles. The number of nitrogens with one attached hydrogen (secondary N) is 1. The monoisotopic (exact) mass is 219 g/mol. The Morgan fingerprint density at radius 1 is 1.19 bits per heavy atom. The van der Waals surface area contributed by atoms with Gasteiger partial charge in [0.15, 0.2) is 0 Å². The van der Waals surface area contributed by atoms with Crippen LogP contribution in [0.5, 0.6) is 0 Å². The van der Waals surface area contributed by atoms with Gasteiger partial charge in [0.2, 0.25) is 0 Å². The van der Waals surface area contributed by atoms with Gasteiger partial charge in [-0.3, -0.25) is 0 Å². The third-order valence-electron chi connectivity index (χ3n) is 3.49. The van der Waals surface area contributed by atoms with Gasteiger partial charge in [0.05, 0.1) is 0 Å². The van der Waals surface area contributed by atoms with Gasteiger partial charge < -0.3 is 5.32 Å². The van der Waals surface area contributed by atoms with Crippen LogP contribution in [0.3, 0.4) is 0 Å². The van der Waals surface area contributed by atoms with Crippen LogP contribution < -0.4 is 5.32 Å². The maximum atomic E-state index is 3.44. The molecule has 1 heteroatoms. The summed E-state index contributed by atoms with van der Waals surface area (Å²) in [4.78, 5) is 0. The Bertz CT molecular complexity index is 328. The molecule has 1 N–H and O–H groups in total. The maximum Gasteiger partial charge on any atom is 0.0210 e. The van der Waals surface area contributed by atoms with Crippen molar-refractivity contribution < 1.29 is 0 Å². The van der Waals surface area contributed by atoms with Crippen LogP contribution >= 0.6 is 0 Å². The summed E-state index contributed by atoms with van der Waals surface area (Å²) < 4.78 is 0. The van der Waals surface area contributed by atoms with Crippen molar-refractivity contribution in [3.05, 3.63) is 34.9 Å². The second-order valence-electron chi connectivity index (χ2n) is 4.96. The standard InChI is InChI=1S/C15H25N/c1-6-16-10-15-12(4)8-7-9-14(15)13(5)11(2)3/h7-9,11,13,16H,6,10H2,1-5H3. The van der Waals surface area contributed by atoms with Gasteiger partial charge in [-0.2, -0.15) is 0 Å². The van der Waals surface area contributed by atoms with Gasteiger partial charge in [-0.15, -0.1) is 0 Å². The van der Waals surface area contributed by atoms with Gasteiger partial charge in [0, 0.05) is 6.54 Å². The molecule has 1 nitrogen and oxygen atoms in total. The first kappa shape index (κ1) is 13.2. The van der Waals surface area contributed by atoms with Gasteiger partial charge in [-0.05, 0) is 42.0 Å². The summed E-state index contributed by atoms with van der Waals surface area (Å²) in [6.45, 7) is 13.3. The average Bonchev–Trinajstić information content (AvgIpc) is 2.26. The van der Waals surface area contributed by atoms with Crippen molar-refractivity contribution in [2.75, 3.05) is 6.54 Å². The summed E-state index contributed by atoms with van der Waals surface area (Å²) in [7, 11) is 0. The zero-order valence-corrected chi connectivity index (χ0v) is 11.3. The van der Waals surface area contributed by atoms with Gasteiger partial charge in [0.25, 0.3) is 0 Å². The molecule has 0 saturated carbocycles. The highest BCUT2D eigenvalue weighted by Gasteiger charge is 2.14. The van der Waals surface area contributed by atoms with E-state index < -0.39 is 0 Å². The maximum absolute atomic E-state index is 3.44. The lowest BCUT2D eigenvalue weighted by molar-refractivity contribution is 0.528. The SMILES string of the molecule is CCNCc1c(C)cccc1C(C)C(C)C. The van der Waals surface area contributed by atoms with Crippen LogP contribution in [0.15, 0.2) is 18.2 Å². The summed E-state index contributed by atoms with van der Waals surface area (Å²) in [5, 5.41) is 3.44. The van der Waals surface area contributed by atoms with Crippen molar-refractivity contribution in [3.63, 3.8) is 0 Å². The molecule has 0 spiro atoms. The minimum Gasteiger partial charge on any atom is -0.313 e. The lowest BCUT2D eigenvalue weighted by Gasteiger charge is -2.21. The molecule has 0 heterocycles. The molecule has 0 aromatic heterocycles. The second kappa shape index (κ2) is 6.05. The Kier molecular flexibility index (Phi) is 5.01. The highest BCUT2D eigenvalue weighted by Crippen LogP contribution is 2.28. The fourth-order valence-electron chi connectivity index (χ4n) is 2.00. The van der Waals surface area contributed by atoms with E-state index >= 15 is 0 Å². The topological polar surface area (TPSA) is 12.0 Å². The van der Waals surface area contributed by atoms with E-state index in [0.29, 0.717) is 11.8 Å². The third kappa shape index (κ3) is 3.08. The van der Waals surface area contributed by atoms with Crippen LogP contribution in [0.2, 0.25) is 0 Å². The molecular weight excluding hydrogens is 194 g/mol. The van der Waals surface area contributed by atoms with Crippen LogP contribution in [0.25, 0.3) is 0 Å². The van der Waals surface area contributed by atoms with Crippen molar-refractivity contribution in [1.82, 2.24) is 5.32 Å². The van der Waals surface area contributed by atoms with Gasteiger partial charge >= 0.3 is 0 Å². The van der Waals surface area contributed by atoms with E-state index in [1.807, 2.05) is 0 Å². The molecule has 1 rings (SSSR count). The fourth-order valence-corrected chi connectivity index (χ4v) is 2.00. The summed E-state index contributed by atoms with van der Waals surface area (Å²) >= 11 is 0. The Labute approximate surface area is 100 Å². The Hall–Kier alpha value is -0.820. The van der Waals surface area contributed by atoms with E-state index in [0.717, 1.165) is 13.1 Å². The molecule has 0 radical (unpaired) electrons. The minimum atomic E-state index is 0.633. The molecule has 1 aromatic rings. The van der Waals surface area contributed by atoms with Gasteiger partial charge in [0.1, 0.15) is 0 Å². The van der Waals surface area contributed by atoms with Crippen molar-refractivity contribution in [2.24, 2.45) is 5.92 Å². The molecule has 16 heavy (non-hydrogen) atoms.